The fourth-order valence-corrected chi connectivity index (χ4v) is 3.64. The Labute approximate surface area is 181 Å². The number of carbonyl (C=O) groups is 1. The lowest BCUT2D eigenvalue weighted by Crippen LogP contribution is -2.11. The zero-order chi connectivity index (χ0) is 22.4. The zero-order valence-electron chi connectivity index (χ0n) is 16.9. The molecule has 0 N–H and O–H groups in total. The van der Waals surface area contributed by atoms with E-state index in [1.165, 1.54) is 43.8 Å². The molecule has 0 aliphatic rings. The van der Waals surface area contributed by atoms with Crippen LogP contribution >= 0.6 is 11.3 Å². The van der Waals surface area contributed by atoms with E-state index in [0.717, 1.165) is 5.56 Å². The number of alkyl halides is 2. The number of nitrogens with zero attached hydrogens (tertiary/aromatic N) is 1. The number of carbonyl (C=O) groups excluding carboxylic acids is 1. The van der Waals surface area contributed by atoms with Crippen molar-refractivity contribution in [3.63, 3.8) is 0 Å². The molecule has 0 aliphatic carbocycles. The molecule has 164 valence electrons. The molecular weight excluding hydrogens is 432 g/mol. The van der Waals surface area contributed by atoms with Gasteiger partial charge in [0.2, 0.25) is 0 Å². The van der Waals surface area contributed by atoms with Crippen LogP contribution in [-0.2, 0) is 11.3 Å². The fourth-order valence-electron chi connectivity index (χ4n) is 2.82. The summed E-state index contributed by atoms with van der Waals surface area (Å²) in [6, 6.07) is 9.61. The molecule has 0 saturated heterocycles. The molecule has 31 heavy (non-hydrogen) atoms. The number of aromatic nitrogens is 1. The number of methoxy groups -OCH3 is 3. The van der Waals surface area contributed by atoms with Gasteiger partial charge in [-0.2, -0.15) is 8.78 Å². The van der Waals surface area contributed by atoms with Crippen LogP contribution in [-0.4, -0.2) is 38.9 Å². The van der Waals surface area contributed by atoms with Crippen LogP contribution in [0.3, 0.4) is 0 Å². The van der Waals surface area contributed by atoms with E-state index in [2.05, 4.69) is 9.72 Å². The maximum Gasteiger partial charge on any atom is 0.387 e. The van der Waals surface area contributed by atoms with Crippen LogP contribution in [0.15, 0.2) is 41.8 Å². The summed E-state index contributed by atoms with van der Waals surface area (Å²) in [5.74, 6) is -0.134. The number of halogens is 2. The van der Waals surface area contributed by atoms with Gasteiger partial charge in [0.25, 0.3) is 0 Å². The van der Waals surface area contributed by atoms with Crippen LogP contribution in [0.5, 0.6) is 23.0 Å². The van der Waals surface area contributed by atoms with Crippen LogP contribution in [0, 0.1) is 0 Å². The topological polar surface area (TPSA) is 76.1 Å². The second-order valence-electron chi connectivity index (χ2n) is 5.98. The van der Waals surface area contributed by atoms with Gasteiger partial charge >= 0.3 is 12.6 Å². The van der Waals surface area contributed by atoms with E-state index < -0.39 is 12.6 Å². The standard InChI is InChI=1S/C21H19F2NO6S/c1-26-15-8-4-6-13(17(15)28-3)19-24-12(11-31-19)10-29-20(25)14-7-5-9-16(27-2)18(14)30-21(22)23/h4-9,11,21H,10H2,1-3H3. The predicted octanol–water partition coefficient (Wildman–Crippen LogP) is 4.79. The van der Waals surface area contributed by atoms with Gasteiger partial charge in [0.05, 0.1) is 32.6 Å². The van der Waals surface area contributed by atoms with Crippen molar-refractivity contribution in [1.82, 2.24) is 4.98 Å². The quantitative estimate of drug-likeness (QED) is 0.433. The summed E-state index contributed by atoms with van der Waals surface area (Å²) in [6.45, 7) is -3.28. The van der Waals surface area contributed by atoms with Crippen molar-refractivity contribution < 1.29 is 37.3 Å². The third kappa shape index (κ3) is 5.02. The summed E-state index contributed by atoms with van der Waals surface area (Å²) in [5, 5.41) is 2.37. The molecule has 1 heterocycles. The number of para-hydroxylation sites is 2. The van der Waals surface area contributed by atoms with Gasteiger partial charge in [-0.15, -0.1) is 11.3 Å². The molecule has 3 rings (SSSR count). The smallest absolute Gasteiger partial charge is 0.387 e. The van der Waals surface area contributed by atoms with E-state index in [0.29, 0.717) is 22.2 Å². The molecular formula is C21H19F2NO6S. The number of esters is 1. The highest BCUT2D eigenvalue weighted by atomic mass is 32.1. The van der Waals surface area contributed by atoms with Gasteiger partial charge in [-0.1, -0.05) is 12.1 Å². The molecule has 0 bridgehead atoms. The lowest BCUT2D eigenvalue weighted by Gasteiger charge is -2.13. The van der Waals surface area contributed by atoms with Gasteiger partial charge < -0.3 is 23.7 Å². The molecule has 0 atom stereocenters. The van der Waals surface area contributed by atoms with Crippen LogP contribution in [0.4, 0.5) is 8.78 Å². The molecule has 7 nitrogen and oxygen atoms in total. The Hall–Kier alpha value is -3.40. The second-order valence-corrected chi connectivity index (χ2v) is 6.83. The first kappa shape index (κ1) is 22.3. The number of hydrogen-bond acceptors (Lipinski definition) is 8. The van der Waals surface area contributed by atoms with Crippen LogP contribution in [0.2, 0.25) is 0 Å². The summed E-state index contributed by atoms with van der Waals surface area (Å²) in [7, 11) is 4.36. The van der Waals surface area contributed by atoms with Crippen molar-refractivity contribution in [2.75, 3.05) is 21.3 Å². The molecule has 2 aromatic carbocycles. The lowest BCUT2D eigenvalue weighted by molar-refractivity contribution is -0.0518. The summed E-state index contributed by atoms with van der Waals surface area (Å²) >= 11 is 1.33. The molecule has 0 unspecified atom stereocenters. The molecule has 0 amide bonds. The number of ether oxygens (including phenoxy) is 5. The Kier molecular flexibility index (Phi) is 7.24. The predicted molar refractivity (Wildman–Crippen MR) is 109 cm³/mol. The third-order valence-electron chi connectivity index (χ3n) is 4.16. The first-order valence-corrected chi connectivity index (χ1v) is 9.81. The molecule has 3 aromatic rings. The summed E-state index contributed by atoms with van der Waals surface area (Å²) in [5.41, 5.74) is 1.03. The fraction of sp³-hybridized carbons (Fsp3) is 0.238. The third-order valence-corrected chi connectivity index (χ3v) is 5.09. The Morgan fingerprint density at radius 2 is 1.68 bits per heavy atom. The van der Waals surface area contributed by atoms with Gasteiger partial charge in [0, 0.05) is 5.38 Å². The maximum absolute atomic E-state index is 12.8. The molecule has 0 fully saturated rings. The first-order chi connectivity index (χ1) is 15.0. The Bertz CT molecular complexity index is 1060. The van der Waals surface area contributed by atoms with Crippen molar-refractivity contribution in [2.45, 2.75) is 13.2 Å². The highest BCUT2D eigenvalue weighted by Gasteiger charge is 2.22. The molecule has 0 spiro atoms. The van der Waals surface area contributed by atoms with Crippen molar-refractivity contribution >= 4 is 17.3 Å². The number of hydrogen-bond donors (Lipinski definition) is 0. The minimum atomic E-state index is -3.12. The molecule has 0 radical (unpaired) electrons. The van der Waals surface area contributed by atoms with Crippen LogP contribution in [0.1, 0.15) is 16.1 Å². The van der Waals surface area contributed by atoms with Gasteiger partial charge in [-0.05, 0) is 24.3 Å². The molecule has 0 saturated carbocycles. The normalized spacial score (nSPS) is 10.6. The average molecular weight is 451 g/mol. The van der Waals surface area contributed by atoms with E-state index in [1.807, 2.05) is 12.1 Å². The van der Waals surface area contributed by atoms with Crippen molar-refractivity contribution in [1.29, 1.82) is 0 Å². The number of thiazole rings is 1. The number of rotatable bonds is 9. The monoisotopic (exact) mass is 451 g/mol. The highest BCUT2D eigenvalue weighted by molar-refractivity contribution is 7.13. The average Bonchev–Trinajstić information content (AvgIpc) is 3.25. The Morgan fingerprint density at radius 3 is 2.32 bits per heavy atom. The van der Waals surface area contributed by atoms with E-state index in [9.17, 15) is 13.6 Å². The van der Waals surface area contributed by atoms with Crippen molar-refractivity contribution in [3.8, 4) is 33.6 Å². The van der Waals surface area contributed by atoms with Crippen LogP contribution < -0.4 is 18.9 Å². The van der Waals surface area contributed by atoms with Crippen LogP contribution in [0.25, 0.3) is 10.6 Å². The van der Waals surface area contributed by atoms with Gasteiger partial charge in [0.15, 0.2) is 23.0 Å². The minimum absolute atomic E-state index is 0.00388. The SMILES string of the molecule is COc1cccc(C(=O)OCc2csc(-c3cccc(OC)c3OC)n2)c1OC(F)F. The molecule has 10 heteroatoms. The maximum atomic E-state index is 12.8. The van der Waals surface area contributed by atoms with E-state index in [4.69, 9.17) is 18.9 Å². The van der Waals surface area contributed by atoms with E-state index in [1.54, 1.807) is 18.6 Å². The zero-order valence-corrected chi connectivity index (χ0v) is 17.7. The summed E-state index contributed by atoms with van der Waals surface area (Å²) < 4.78 is 50.9. The highest BCUT2D eigenvalue weighted by Crippen LogP contribution is 2.39. The lowest BCUT2D eigenvalue weighted by atomic mass is 10.2. The van der Waals surface area contributed by atoms with Gasteiger partial charge in [-0.3, -0.25) is 0 Å². The Balaban J connectivity index is 1.77. The minimum Gasteiger partial charge on any atom is -0.493 e. The summed E-state index contributed by atoms with van der Waals surface area (Å²) in [4.78, 5) is 17.0. The molecule has 0 aliphatic heterocycles. The van der Waals surface area contributed by atoms with Gasteiger partial charge in [-0.25, -0.2) is 9.78 Å². The molecule has 1 aromatic heterocycles. The summed E-state index contributed by atoms with van der Waals surface area (Å²) in [6.07, 6.45) is 0. The second kappa shape index (κ2) is 10.1. The van der Waals surface area contributed by atoms with Crippen molar-refractivity contribution in [2.24, 2.45) is 0 Å². The largest absolute Gasteiger partial charge is 0.493 e. The van der Waals surface area contributed by atoms with E-state index in [-0.39, 0.29) is 23.7 Å². The number of benzene rings is 2. The van der Waals surface area contributed by atoms with Crippen molar-refractivity contribution in [3.05, 3.63) is 53.0 Å². The van der Waals surface area contributed by atoms with Gasteiger partial charge in [0.1, 0.15) is 17.2 Å². The van der Waals surface area contributed by atoms with E-state index >= 15 is 0 Å². The Morgan fingerprint density at radius 1 is 1.00 bits per heavy atom. The first-order valence-electron chi connectivity index (χ1n) is 8.93.